The highest BCUT2D eigenvalue weighted by molar-refractivity contribution is 5.80. The first-order valence-corrected chi connectivity index (χ1v) is 6.87. The first kappa shape index (κ1) is 18.9. The van der Waals surface area contributed by atoms with Crippen molar-refractivity contribution in [2.45, 2.75) is 31.9 Å². The molecule has 3 N–H and O–H groups in total. The van der Waals surface area contributed by atoms with E-state index in [1.165, 1.54) is 31.2 Å². The first-order valence-electron chi connectivity index (χ1n) is 6.87. The second-order valence-electron chi connectivity index (χ2n) is 4.83. The van der Waals surface area contributed by atoms with Gasteiger partial charge in [0.2, 0.25) is 0 Å². The zero-order valence-electron chi connectivity index (χ0n) is 12.7. The molecule has 1 amide bonds. The summed E-state index contributed by atoms with van der Waals surface area (Å²) in [6.45, 7) is 1.40. The van der Waals surface area contributed by atoms with Crippen molar-refractivity contribution >= 4 is 23.7 Å². The Balaban J connectivity index is 2.74. The third kappa shape index (κ3) is 5.55. The zero-order valence-corrected chi connectivity index (χ0v) is 12.7. The van der Waals surface area contributed by atoms with Crippen LogP contribution < -0.4 is 5.32 Å². The molecule has 24 heavy (non-hydrogen) atoms. The molecule has 0 heterocycles. The Labute approximate surface area is 136 Å². The summed E-state index contributed by atoms with van der Waals surface area (Å²) in [6, 6.07) is 4.22. The van der Waals surface area contributed by atoms with Gasteiger partial charge in [0.25, 0.3) is 5.69 Å². The van der Waals surface area contributed by atoms with Gasteiger partial charge in [-0.2, -0.15) is 0 Å². The number of aliphatic carboxylic acids is 2. The van der Waals surface area contributed by atoms with Crippen molar-refractivity contribution in [1.29, 1.82) is 0 Å². The van der Waals surface area contributed by atoms with Crippen molar-refractivity contribution in [3.63, 3.8) is 0 Å². The summed E-state index contributed by atoms with van der Waals surface area (Å²) >= 11 is 0. The summed E-state index contributed by atoms with van der Waals surface area (Å²) in [6.07, 6.45) is -2.88. The highest BCUT2D eigenvalue weighted by Gasteiger charge is 2.25. The summed E-state index contributed by atoms with van der Waals surface area (Å²) in [4.78, 5) is 43.5. The fourth-order valence-corrected chi connectivity index (χ4v) is 1.92. The second kappa shape index (κ2) is 8.46. The number of amides is 1. The van der Waals surface area contributed by atoms with Gasteiger partial charge in [-0.25, -0.2) is 9.59 Å². The number of hydrogen-bond donors (Lipinski definition) is 3. The molecular formula is C14H16N2O8. The number of carbonyl (C=O) groups is 3. The van der Waals surface area contributed by atoms with Crippen LogP contribution in [-0.2, 0) is 14.3 Å². The predicted octanol–water partition coefficient (Wildman–Crippen LogP) is 1.70. The number of rotatable bonds is 8. The molecule has 0 aromatic heterocycles. The molecule has 0 saturated heterocycles. The number of nitro benzene ring substituents is 1. The number of nitro groups is 1. The lowest BCUT2D eigenvalue weighted by molar-refractivity contribution is -0.386. The number of nitrogens with one attached hydrogen (secondary N) is 1. The Morgan fingerprint density at radius 2 is 1.92 bits per heavy atom. The molecule has 10 heteroatoms. The van der Waals surface area contributed by atoms with E-state index in [1.54, 1.807) is 0 Å². The van der Waals surface area contributed by atoms with Gasteiger partial charge in [0.15, 0.2) is 0 Å². The maximum Gasteiger partial charge on any atom is 0.408 e. The van der Waals surface area contributed by atoms with Crippen molar-refractivity contribution in [3.05, 3.63) is 39.9 Å². The van der Waals surface area contributed by atoms with Gasteiger partial charge in [-0.05, 0) is 19.4 Å². The molecule has 1 unspecified atom stereocenters. The summed E-state index contributed by atoms with van der Waals surface area (Å²) in [5.74, 6) is -2.61. The molecule has 1 rings (SSSR count). The van der Waals surface area contributed by atoms with Crippen LogP contribution >= 0.6 is 0 Å². The number of hydrogen-bond acceptors (Lipinski definition) is 6. The number of benzene rings is 1. The maximum absolute atomic E-state index is 11.8. The molecule has 0 saturated carbocycles. The van der Waals surface area contributed by atoms with E-state index in [1.807, 2.05) is 5.32 Å². The smallest absolute Gasteiger partial charge is 0.408 e. The Morgan fingerprint density at radius 3 is 2.46 bits per heavy atom. The van der Waals surface area contributed by atoms with Crippen LogP contribution in [0, 0.1) is 10.1 Å². The van der Waals surface area contributed by atoms with E-state index in [9.17, 15) is 24.5 Å². The quantitative estimate of drug-likeness (QED) is 0.477. The number of alkyl carbamates (subject to hydrolysis) is 1. The Morgan fingerprint density at radius 1 is 1.29 bits per heavy atom. The van der Waals surface area contributed by atoms with Gasteiger partial charge in [0.1, 0.15) is 12.1 Å². The lowest BCUT2D eigenvalue weighted by atomic mass is 10.1. The van der Waals surface area contributed by atoms with Gasteiger partial charge >= 0.3 is 18.0 Å². The van der Waals surface area contributed by atoms with E-state index >= 15 is 0 Å². The van der Waals surface area contributed by atoms with Crippen LogP contribution in [0.5, 0.6) is 0 Å². The van der Waals surface area contributed by atoms with Crippen LogP contribution in [0.25, 0.3) is 0 Å². The summed E-state index contributed by atoms with van der Waals surface area (Å²) < 4.78 is 4.95. The molecular weight excluding hydrogens is 324 g/mol. The molecule has 10 nitrogen and oxygen atoms in total. The average Bonchev–Trinajstić information content (AvgIpc) is 2.50. The van der Waals surface area contributed by atoms with E-state index in [0.717, 1.165) is 0 Å². The van der Waals surface area contributed by atoms with Gasteiger partial charge in [0.05, 0.1) is 10.5 Å². The minimum atomic E-state index is -1.44. The van der Waals surface area contributed by atoms with Gasteiger partial charge in [0, 0.05) is 12.5 Å². The third-order valence-corrected chi connectivity index (χ3v) is 3.09. The normalized spacial score (nSPS) is 12.7. The highest BCUT2D eigenvalue weighted by atomic mass is 16.6. The van der Waals surface area contributed by atoms with E-state index in [2.05, 4.69) is 0 Å². The first-order chi connectivity index (χ1) is 11.2. The zero-order chi connectivity index (χ0) is 18.3. The molecule has 1 aromatic rings. The van der Waals surface area contributed by atoms with Crippen LogP contribution in [0.1, 0.15) is 31.4 Å². The predicted molar refractivity (Wildman–Crippen MR) is 79.4 cm³/mol. The Hall–Kier alpha value is -3.17. The van der Waals surface area contributed by atoms with Gasteiger partial charge in [-0.1, -0.05) is 12.1 Å². The maximum atomic E-state index is 11.8. The molecule has 2 atom stereocenters. The van der Waals surface area contributed by atoms with Gasteiger partial charge in [-0.3, -0.25) is 14.9 Å². The molecule has 0 aliphatic carbocycles. The highest BCUT2D eigenvalue weighted by Crippen LogP contribution is 2.26. The molecule has 0 aliphatic heterocycles. The SMILES string of the molecule is CC(OC(=O)N[C@@H](CCC(=O)O)C(=O)O)c1ccccc1[N+](=O)[O-]. The number of carboxylic acid groups (broad SMARTS) is 2. The van der Waals surface area contributed by atoms with E-state index in [0.29, 0.717) is 0 Å². The van der Waals surface area contributed by atoms with Crippen molar-refractivity contribution < 1.29 is 34.3 Å². The number of carboxylic acids is 2. The molecule has 1 aromatic carbocycles. The van der Waals surface area contributed by atoms with Crippen molar-refractivity contribution in [2.75, 3.05) is 0 Å². The minimum Gasteiger partial charge on any atom is -0.481 e. The fourth-order valence-electron chi connectivity index (χ4n) is 1.92. The summed E-state index contributed by atoms with van der Waals surface area (Å²) in [5.41, 5.74) is -0.0893. The molecule has 0 radical (unpaired) electrons. The van der Waals surface area contributed by atoms with Crippen LogP contribution in [0.15, 0.2) is 24.3 Å². The molecule has 0 fully saturated rings. The van der Waals surface area contributed by atoms with E-state index in [4.69, 9.17) is 14.9 Å². The lowest BCUT2D eigenvalue weighted by Crippen LogP contribution is -2.41. The molecule has 0 spiro atoms. The standard InChI is InChI=1S/C14H16N2O8/c1-8(9-4-2-3-5-11(9)16(22)23)24-14(21)15-10(13(19)20)6-7-12(17)18/h2-5,8,10H,6-7H2,1H3,(H,15,21)(H,17,18)(H,19,20)/t8?,10-/m0/s1. The average molecular weight is 340 g/mol. The van der Waals surface area contributed by atoms with Crippen LogP contribution in [0.3, 0.4) is 0 Å². The number of ether oxygens (including phenoxy) is 1. The molecule has 0 bridgehead atoms. The number of nitrogens with zero attached hydrogens (tertiary/aromatic N) is 1. The van der Waals surface area contributed by atoms with E-state index < -0.39 is 41.5 Å². The monoisotopic (exact) mass is 340 g/mol. The van der Waals surface area contributed by atoms with Crippen LogP contribution in [0.2, 0.25) is 0 Å². The second-order valence-corrected chi connectivity index (χ2v) is 4.83. The lowest BCUT2D eigenvalue weighted by Gasteiger charge is -2.17. The van der Waals surface area contributed by atoms with E-state index in [-0.39, 0.29) is 17.7 Å². The Bertz CT molecular complexity index is 645. The van der Waals surface area contributed by atoms with Gasteiger partial charge in [-0.15, -0.1) is 0 Å². The van der Waals surface area contributed by atoms with Gasteiger partial charge < -0.3 is 20.3 Å². The van der Waals surface area contributed by atoms with Crippen LogP contribution in [-0.4, -0.2) is 39.2 Å². The molecule has 0 aliphatic rings. The summed E-state index contributed by atoms with van der Waals surface area (Å²) in [7, 11) is 0. The van der Waals surface area contributed by atoms with Crippen molar-refractivity contribution in [3.8, 4) is 0 Å². The van der Waals surface area contributed by atoms with Crippen LogP contribution in [0.4, 0.5) is 10.5 Å². The topological polar surface area (TPSA) is 156 Å². The number of carbonyl (C=O) groups excluding carboxylic acids is 1. The molecule has 130 valence electrons. The van der Waals surface area contributed by atoms with Crippen molar-refractivity contribution in [2.24, 2.45) is 0 Å². The number of para-hydroxylation sites is 1. The Kier molecular flexibility index (Phi) is 6.65. The third-order valence-electron chi connectivity index (χ3n) is 3.09. The summed E-state index contributed by atoms with van der Waals surface area (Å²) in [5, 5.41) is 30.5. The largest absolute Gasteiger partial charge is 0.481 e. The minimum absolute atomic E-state index is 0.148. The van der Waals surface area contributed by atoms with Crippen molar-refractivity contribution in [1.82, 2.24) is 5.32 Å². The fraction of sp³-hybridized carbons (Fsp3) is 0.357.